The van der Waals surface area contributed by atoms with Crippen LogP contribution in [0.1, 0.15) is 63.9 Å². The van der Waals surface area contributed by atoms with Gasteiger partial charge < -0.3 is 5.32 Å². The summed E-state index contributed by atoms with van der Waals surface area (Å²) in [5.41, 5.74) is 0.852. The van der Waals surface area contributed by atoms with Crippen LogP contribution in [0.5, 0.6) is 0 Å². The molecule has 1 aromatic carbocycles. The lowest BCUT2D eigenvalue weighted by atomic mass is 10.1. The topological polar surface area (TPSA) is 89.3 Å². The Bertz CT molecular complexity index is 568. The zero-order chi connectivity index (χ0) is 17.1. The van der Waals surface area contributed by atoms with Crippen LogP contribution in [0.25, 0.3) is 0 Å². The first-order valence-corrected chi connectivity index (χ1v) is 9.86. The Kier molecular flexibility index (Phi) is 8.87. The summed E-state index contributed by atoms with van der Waals surface area (Å²) >= 11 is 0. The van der Waals surface area contributed by atoms with Gasteiger partial charge in [-0.3, -0.25) is 4.79 Å². The highest BCUT2D eigenvalue weighted by Gasteiger charge is 2.07. The average molecular weight is 340 g/mol. The molecule has 1 rings (SSSR count). The van der Waals surface area contributed by atoms with Crippen LogP contribution in [0, 0.1) is 0 Å². The van der Waals surface area contributed by atoms with Crippen LogP contribution in [-0.4, -0.2) is 14.3 Å². The highest BCUT2D eigenvalue weighted by molar-refractivity contribution is 7.89. The van der Waals surface area contributed by atoms with Crippen LogP contribution in [-0.2, 0) is 21.4 Å². The van der Waals surface area contributed by atoms with E-state index in [4.69, 9.17) is 5.14 Å². The van der Waals surface area contributed by atoms with Crippen molar-refractivity contribution in [1.29, 1.82) is 0 Å². The van der Waals surface area contributed by atoms with E-state index >= 15 is 0 Å². The van der Waals surface area contributed by atoms with Gasteiger partial charge in [-0.05, 0) is 24.1 Å². The molecule has 0 bridgehead atoms. The van der Waals surface area contributed by atoms with Crippen LogP contribution < -0.4 is 10.5 Å². The van der Waals surface area contributed by atoms with Crippen LogP contribution >= 0.6 is 0 Å². The molecule has 0 spiro atoms. The van der Waals surface area contributed by atoms with E-state index in [1.54, 1.807) is 12.1 Å². The second-order valence-electron chi connectivity index (χ2n) is 5.84. The molecule has 0 atom stereocenters. The van der Waals surface area contributed by atoms with Crippen molar-refractivity contribution in [1.82, 2.24) is 5.32 Å². The molecule has 130 valence electrons. The molecular formula is C17H28N2O3S. The number of benzene rings is 1. The Hall–Kier alpha value is -1.40. The Balaban J connectivity index is 2.18. The van der Waals surface area contributed by atoms with Crippen molar-refractivity contribution in [2.24, 2.45) is 5.14 Å². The first-order valence-electron chi connectivity index (χ1n) is 8.32. The number of unbranched alkanes of at least 4 members (excludes halogenated alkanes) is 6. The number of amides is 1. The van der Waals surface area contributed by atoms with Gasteiger partial charge >= 0.3 is 0 Å². The maximum absolute atomic E-state index is 11.8. The lowest BCUT2D eigenvalue weighted by Crippen LogP contribution is -2.22. The van der Waals surface area contributed by atoms with Crippen LogP contribution in [0.15, 0.2) is 29.2 Å². The van der Waals surface area contributed by atoms with Gasteiger partial charge in [0.25, 0.3) is 0 Å². The zero-order valence-corrected chi connectivity index (χ0v) is 14.7. The van der Waals surface area contributed by atoms with Crippen molar-refractivity contribution < 1.29 is 13.2 Å². The highest BCUT2D eigenvalue weighted by atomic mass is 32.2. The Morgan fingerprint density at radius 3 is 2.13 bits per heavy atom. The van der Waals surface area contributed by atoms with E-state index in [1.165, 1.54) is 44.2 Å². The number of rotatable bonds is 11. The predicted octanol–water partition coefficient (Wildman–Crippen LogP) is 3.09. The fourth-order valence-electron chi connectivity index (χ4n) is 2.33. The molecule has 0 aliphatic rings. The molecule has 0 heterocycles. The van der Waals surface area contributed by atoms with Crippen molar-refractivity contribution in [2.75, 3.05) is 0 Å². The van der Waals surface area contributed by atoms with E-state index in [-0.39, 0.29) is 10.8 Å². The van der Waals surface area contributed by atoms with E-state index in [9.17, 15) is 13.2 Å². The monoisotopic (exact) mass is 340 g/mol. The summed E-state index contributed by atoms with van der Waals surface area (Å²) in [5.74, 6) is 0.0362. The molecule has 0 fully saturated rings. The number of hydrogen-bond donors (Lipinski definition) is 2. The summed E-state index contributed by atoms with van der Waals surface area (Å²) in [6.45, 7) is 2.60. The van der Waals surface area contributed by atoms with E-state index in [0.717, 1.165) is 18.4 Å². The summed E-state index contributed by atoms with van der Waals surface area (Å²) in [7, 11) is -3.66. The predicted molar refractivity (Wildman–Crippen MR) is 92.3 cm³/mol. The van der Waals surface area contributed by atoms with Crippen molar-refractivity contribution in [3.05, 3.63) is 29.8 Å². The zero-order valence-electron chi connectivity index (χ0n) is 13.9. The third kappa shape index (κ3) is 8.71. The van der Waals surface area contributed by atoms with Gasteiger partial charge in [-0.2, -0.15) is 0 Å². The van der Waals surface area contributed by atoms with Crippen LogP contribution in [0.3, 0.4) is 0 Å². The first-order chi connectivity index (χ1) is 10.9. The molecular weight excluding hydrogens is 312 g/mol. The van der Waals surface area contributed by atoms with Gasteiger partial charge in [-0.15, -0.1) is 0 Å². The second-order valence-corrected chi connectivity index (χ2v) is 7.40. The molecule has 5 nitrogen and oxygen atoms in total. The summed E-state index contributed by atoms with van der Waals surface area (Å²) < 4.78 is 22.3. The number of nitrogens with one attached hydrogen (secondary N) is 1. The standard InChI is InChI=1S/C17H28N2O3S/c1-2-3-4-5-6-7-8-9-17(20)19-14-15-10-12-16(13-11-15)23(18,21)22/h10-13H,2-9,14H2,1H3,(H,19,20)(H2,18,21,22). The van der Waals surface area contributed by atoms with Gasteiger partial charge in [0.2, 0.25) is 15.9 Å². The number of carbonyl (C=O) groups excluding carboxylic acids is 1. The molecule has 1 amide bonds. The van der Waals surface area contributed by atoms with Crippen molar-refractivity contribution in [2.45, 2.75) is 69.7 Å². The van der Waals surface area contributed by atoms with Gasteiger partial charge in [0.15, 0.2) is 0 Å². The minimum Gasteiger partial charge on any atom is -0.352 e. The normalized spacial score (nSPS) is 11.4. The van der Waals surface area contributed by atoms with E-state index in [0.29, 0.717) is 13.0 Å². The van der Waals surface area contributed by atoms with Gasteiger partial charge in [0, 0.05) is 13.0 Å². The van der Waals surface area contributed by atoms with E-state index < -0.39 is 10.0 Å². The fraction of sp³-hybridized carbons (Fsp3) is 0.588. The van der Waals surface area contributed by atoms with E-state index in [1.807, 2.05) is 0 Å². The maximum atomic E-state index is 11.8. The van der Waals surface area contributed by atoms with Crippen molar-refractivity contribution in [3.8, 4) is 0 Å². The van der Waals surface area contributed by atoms with Gasteiger partial charge in [-0.25, -0.2) is 13.6 Å². The Labute approximate surface area is 139 Å². The second kappa shape index (κ2) is 10.4. The summed E-state index contributed by atoms with van der Waals surface area (Å²) in [4.78, 5) is 11.8. The summed E-state index contributed by atoms with van der Waals surface area (Å²) in [6, 6.07) is 6.22. The lowest BCUT2D eigenvalue weighted by molar-refractivity contribution is -0.121. The highest BCUT2D eigenvalue weighted by Crippen LogP contribution is 2.10. The van der Waals surface area contributed by atoms with Gasteiger partial charge in [0.1, 0.15) is 0 Å². The molecule has 3 N–H and O–H groups in total. The third-order valence-electron chi connectivity index (χ3n) is 3.75. The molecule has 0 aliphatic carbocycles. The SMILES string of the molecule is CCCCCCCCCC(=O)NCc1ccc(S(N)(=O)=O)cc1. The number of carbonyl (C=O) groups is 1. The van der Waals surface area contributed by atoms with E-state index in [2.05, 4.69) is 12.2 Å². The molecule has 0 unspecified atom stereocenters. The Morgan fingerprint density at radius 2 is 1.57 bits per heavy atom. The molecule has 0 radical (unpaired) electrons. The largest absolute Gasteiger partial charge is 0.352 e. The van der Waals surface area contributed by atoms with Gasteiger partial charge in [0.05, 0.1) is 4.90 Å². The average Bonchev–Trinajstić information content (AvgIpc) is 2.51. The number of nitrogens with two attached hydrogens (primary N) is 1. The van der Waals surface area contributed by atoms with Crippen molar-refractivity contribution >= 4 is 15.9 Å². The Morgan fingerprint density at radius 1 is 1.00 bits per heavy atom. The molecule has 1 aromatic rings. The number of hydrogen-bond acceptors (Lipinski definition) is 3. The molecule has 0 aliphatic heterocycles. The van der Waals surface area contributed by atoms with Crippen LogP contribution in [0.4, 0.5) is 0 Å². The summed E-state index contributed by atoms with van der Waals surface area (Å²) in [5, 5.41) is 7.89. The number of primary sulfonamides is 1. The molecule has 6 heteroatoms. The minimum absolute atomic E-state index is 0.0362. The molecule has 23 heavy (non-hydrogen) atoms. The molecule has 0 aromatic heterocycles. The third-order valence-corrected chi connectivity index (χ3v) is 4.68. The molecule has 0 saturated heterocycles. The fourth-order valence-corrected chi connectivity index (χ4v) is 2.84. The molecule has 0 saturated carbocycles. The van der Waals surface area contributed by atoms with Gasteiger partial charge in [-0.1, -0.05) is 57.6 Å². The van der Waals surface area contributed by atoms with Crippen molar-refractivity contribution in [3.63, 3.8) is 0 Å². The maximum Gasteiger partial charge on any atom is 0.238 e. The van der Waals surface area contributed by atoms with Crippen LogP contribution in [0.2, 0.25) is 0 Å². The number of sulfonamides is 1. The lowest BCUT2D eigenvalue weighted by Gasteiger charge is -2.06. The first kappa shape index (κ1) is 19.6. The quantitative estimate of drug-likeness (QED) is 0.607. The smallest absolute Gasteiger partial charge is 0.238 e. The minimum atomic E-state index is -3.66. The summed E-state index contributed by atoms with van der Waals surface area (Å²) in [6.07, 6.45) is 8.85.